The molecule has 3 N–H and O–H groups in total. The fraction of sp³-hybridized carbons (Fsp3) is 0.462. The maximum atomic E-state index is 11.6. The third-order valence-corrected chi connectivity index (χ3v) is 2.24. The molecule has 1 amide bonds. The number of ether oxygens (including phenoxy) is 1. The summed E-state index contributed by atoms with van der Waals surface area (Å²) in [4.78, 5) is 11.6. The van der Waals surface area contributed by atoms with Crippen molar-refractivity contribution in [1.82, 2.24) is 5.32 Å². The van der Waals surface area contributed by atoms with Crippen molar-refractivity contribution in [3.05, 3.63) is 23.3 Å². The van der Waals surface area contributed by atoms with Crippen LogP contribution < -0.4 is 15.8 Å². The summed E-state index contributed by atoms with van der Waals surface area (Å²) < 4.78 is 5.25. The van der Waals surface area contributed by atoms with E-state index in [9.17, 15) is 4.79 Å². The van der Waals surface area contributed by atoms with Crippen molar-refractivity contribution >= 4 is 11.8 Å². The number of hydrogen-bond acceptors (Lipinski definition) is 3. The van der Waals surface area contributed by atoms with Gasteiger partial charge in [-0.3, -0.25) is 0 Å². The van der Waals surface area contributed by atoms with Crippen molar-refractivity contribution in [2.24, 2.45) is 0 Å². The Bertz CT molecular complexity index is 434. The Morgan fingerprint density at radius 3 is 2.35 bits per heavy atom. The van der Waals surface area contributed by atoms with Crippen LogP contribution in [0.15, 0.2) is 12.1 Å². The minimum atomic E-state index is -0.454. The van der Waals surface area contributed by atoms with E-state index in [1.54, 1.807) is 12.1 Å². The minimum Gasteiger partial charge on any atom is -0.410 e. The van der Waals surface area contributed by atoms with Gasteiger partial charge in [-0.2, -0.15) is 0 Å². The van der Waals surface area contributed by atoms with Crippen molar-refractivity contribution < 1.29 is 9.53 Å². The van der Waals surface area contributed by atoms with Gasteiger partial charge in [0.05, 0.1) is 0 Å². The Kier molecular flexibility index (Phi) is 3.66. The Balaban J connectivity index is 2.82. The highest BCUT2D eigenvalue weighted by Gasteiger charge is 2.16. The second-order valence-corrected chi connectivity index (χ2v) is 5.24. The molecule has 1 aromatic rings. The predicted octanol–water partition coefficient (Wildman–Crippen LogP) is 2.77. The number of hydrogen-bond donors (Lipinski definition) is 2. The van der Waals surface area contributed by atoms with Crippen LogP contribution in [0.3, 0.4) is 0 Å². The second kappa shape index (κ2) is 4.65. The van der Waals surface area contributed by atoms with E-state index >= 15 is 0 Å². The summed E-state index contributed by atoms with van der Waals surface area (Å²) in [6, 6.07) is 3.57. The number of carbonyl (C=O) groups excluding carboxylic acids is 1. The van der Waals surface area contributed by atoms with E-state index in [1.807, 2.05) is 34.6 Å². The molecule has 0 saturated carbocycles. The van der Waals surface area contributed by atoms with Gasteiger partial charge in [0, 0.05) is 11.2 Å². The highest BCUT2D eigenvalue weighted by molar-refractivity contribution is 5.72. The van der Waals surface area contributed by atoms with Crippen LogP contribution in [0.25, 0.3) is 0 Å². The molecule has 0 aliphatic heterocycles. The van der Waals surface area contributed by atoms with Gasteiger partial charge in [0.15, 0.2) is 0 Å². The third-order valence-electron chi connectivity index (χ3n) is 2.24. The Labute approximate surface area is 102 Å². The molecule has 0 spiro atoms. The molecule has 0 atom stereocenters. The SMILES string of the molecule is Cc1cc(OC(=O)NC(C)(C)C)c(C)cc1N. The number of amides is 1. The van der Waals surface area contributed by atoms with Crippen LogP contribution in [0.5, 0.6) is 5.75 Å². The van der Waals surface area contributed by atoms with E-state index in [2.05, 4.69) is 5.32 Å². The van der Waals surface area contributed by atoms with E-state index in [-0.39, 0.29) is 5.54 Å². The normalized spacial score (nSPS) is 11.1. The molecular formula is C13H20N2O2. The summed E-state index contributed by atoms with van der Waals surface area (Å²) in [5, 5.41) is 2.74. The summed E-state index contributed by atoms with van der Waals surface area (Å²) in [5.74, 6) is 0.540. The van der Waals surface area contributed by atoms with Crippen LogP contribution in [-0.4, -0.2) is 11.6 Å². The molecular weight excluding hydrogens is 216 g/mol. The van der Waals surface area contributed by atoms with Crippen LogP contribution in [0.4, 0.5) is 10.5 Å². The van der Waals surface area contributed by atoms with Crippen LogP contribution >= 0.6 is 0 Å². The lowest BCUT2D eigenvalue weighted by Crippen LogP contribution is -2.42. The van der Waals surface area contributed by atoms with Gasteiger partial charge < -0.3 is 15.8 Å². The average Bonchev–Trinajstić information content (AvgIpc) is 2.11. The maximum absolute atomic E-state index is 11.6. The van der Waals surface area contributed by atoms with E-state index in [4.69, 9.17) is 10.5 Å². The molecule has 1 aromatic carbocycles. The topological polar surface area (TPSA) is 64.3 Å². The molecule has 0 saturated heterocycles. The second-order valence-electron chi connectivity index (χ2n) is 5.24. The van der Waals surface area contributed by atoms with E-state index < -0.39 is 6.09 Å². The van der Waals surface area contributed by atoms with Gasteiger partial charge in [-0.1, -0.05) is 0 Å². The monoisotopic (exact) mass is 236 g/mol. The smallest absolute Gasteiger partial charge is 0.410 e. The van der Waals surface area contributed by atoms with E-state index in [1.165, 1.54) is 0 Å². The minimum absolute atomic E-state index is 0.312. The van der Waals surface area contributed by atoms with Crippen LogP contribution in [0.2, 0.25) is 0 Å². The summed E-state index contributed by atoms with van der Waals surface area (Å²) in [6.07, 6.45) is -0.454. The lowest BCUT2D eigenvalue weighted by molar-refractivity contribution is 0.190. The number of aryl methyl sites for hydroxylation is 2. The predicted molar refractivity (Wildman–Crippen MR) is 69.2 cm³/mol. The van der Waals surface area contributed by atoms with Gasteiger partial charge in [0.2, 0.25) is 0 Å². The molecule has 4 heteroatoms. The molecule has 1 rings (SSSR count). The molecule has 0 fully saturated rings. The molecule has 0 aromatic heterocycles. The van der Waals surface area contributed by atoms with Crippen LogP contribution in [-0.2, 0) is 0 Å². The zero-order chi connectivity index (χ0) is 13.2. The van der Waals surface area contributed by atoms with Crippen molar-refractivity contribution in [3.8, 4) is 5.75 Å². The largest absolute Gasteiger partial charge is 0.413 e. The Morgan fingerprint density at radius 2 is 1.82 bits per heavy atom. The Morgan fingerprint density at radius 1 is 1.24 bits per heavy atom. The first-order valence-corrected chi connectivity index (χ1v) is 5.56. The summed E-state index contributed by atoms with van der Waals surface area (Å²) >= 11 is 0. The number of anilines is 1. The van der Waals surface area contributed by atoms with Crippen molar-refractivity contribution in [2.45, 2.75) is 40.2 Å². The number of benzene rings is 1. The molecule has 17 heavy (non-hydrogen) atoms. The Hall–Kier alpha value is -1.71. The average molecular weight is 236 g/mol. The first-order valence-electron chi connectivity index (χ1n) is 5.56. The van der Waals surface area contributed by atoms with Crippen molar-refractivity contribution in [3.63, 3.8) is 0 Å². The number of nitrogens with two attached hydrogens (primary N) is 1. The lowest BCUT2D eigenvalue weighted by atomic mass is 10.1. The van der Waals surface area contributed by atoms with Gasteiger partial charge in [0.1, 0.15) is 5.75 Å². The summed E-state index contributed by atoms with van der Waals surface area (Å²) in [6.45, 7) is 9.43. The number of nitrogens with one attached hydrogen (secondary N) is 1. The molecule has 0 aliphatic rings. The highest BCUT2D eigenvalue weighted by Crippen LogP contribution is 2.24. The van der Waals surface area contributed by atoms with E-state index in [0.29, 0.717) is 11.4 Å². The first kappa shape index (κ1) is 13.4. The number of rotatable bonds is 1. The fourth-order valence-electron chi connectivity index (χ4n) is 1.35. The molecule has 0 heterocycles. The third kappa shape index (κ3) is 3.98. The van der Waals surface area contributed by atoms with Crippen molar-refractivity contribution in [1.29, 1.82) is 0 Å². The van der Waals surface area contributed by atoms with Crippen molar-refractivity contribution in [2.75, 3.05) is 5.73 Å². The number of nitrogen functional groups attached to an aromatic ring is 1. The molecule has 0 radical (unpaired) electrons. The van der Waals surface area contributed by atoms with Gasteiger partial charge in [-0.15, -0.1) is 0 Å². The van der Waals surface area contributed by atoms with Gasteiger partial charge in [-0.25, -0.2) is 4.79 Å². The first-order chi connectivity index (χ1) is 7.69. The summed E-state index contributed by atoms with van der Waals surface area (Å²) in [5.41, 5.74) is 7.90. The number of carbonyl (C=O) groups is 1. The van der Waals surface area contributed by atoms with Gasteiger partial charge >= 0.3 is 6.09 Å². The van der Waals surface area contributed by atoms with Crippen LogP contribution in [0.1, 0.15) is 31.9 Å². The molecule has 94 valence electrons. The summed E-state index contributed by atoms with van der Waals surface area (Å²) in [7, 11) is 0. The van der Waals surface area contributed by atoms with Gasteiger partial charge in [-0.05, 0) is 57.9 Å². The van der Waals surface area contributed by atoms with E-state index in [0.717, 1.165) is 11.1 Å². The van der Waals surface area contributed by atoms with Crippen LogP contribution in [0, 0.1) is 13.8 Å². The lowest BCUT2D eigenvalue weighted by Gasteiger charge is -2.20. The molecule has 0 bridgehead atoms. The van der Waals surface area contributed by atoms with Gasteiger partial charge in [0.25, 0.3) is 0 Å². The standard InChI is InChI=1S/C13H20N2O2/c1-8-7-11(9(2)6-10(8)14)17-12(16)15-13(3,4)5/h6-7H,14H2,1-5H3,(H,15,16). The quantitative estimate of drug-likeness (QED) is 0.737. The molecule has 4 nitrogen and oxygen atoms in total. The maximum Gasteiger partial charge on any atom is 0.413 e. The molecule has 0 unspecified atom stereocenters. The zero-order valence-corrected chi connectivity index (χ0v) is 11.0. The highest BCUT2D eigenvalue weighted by atomic mass is 16.6. The zero-order valence-electron chi connectivity index (χ0n) is 11.0. The fourth-order valence-corrected chi connectivity index (χ4v) is 1.35. The molecule has 0 aliphatic carbocycles.